The lowest BCUT2D eigenvalue weighted by atomic mass is 10.2. The SMILES string of the molecule is COc1cccc(C(=O)NC(=NC[C@H]2CCCO2)Nc2ccccc2)c1. The minimum atomic E-state index is -0.251. The molecule has 0 aliphatic carbocycles. The first-order chi connectivity index (χ1) is 12.7. The average molecular weight is 353 g/mol. The molecule has 0 bridgehead atoms. The number of para-hydroxylation sites is 1. The fraction of sp³-hybridized carbons (Fsp3) is 0.300. The third kappa shape index (κ3) is 5.07. The Kier molecular flexibility index (Phi) is 6.22. The largest absolute Gasteiger partial charge is 0.497 e. The van der Waals surface area contributed by atoms with Gasteiger partial charge in [0.25, 0.3) is 5.91 Å². The lowest BCUT2D eigenvalue weighted by Crippen LogP contribution is -2.36. The molecule has 1 amide bonds. The van der Waals surface area contributed by atoms with E-state index in [-0.39, 0.29) is 12.0 Å². The molecule has 0 radical (unpaired) electrons. The fourth-order valence-corrected chi connectivity index (χ4v) is 2.69. The highest BCUT2D eigenvalue weighted by Gasteiger charge is 2.16. The number of hydrogen-bond donors (Lipinski definition) is 2. The molecule has 2 aromatic rings. The molecule has 0 aromatic heterocycles. The second-order valence-corrected chi connectivity index (χ2v) is 6.00. The standard InChI is InChI=1S/C20H23N3O3/c1-25-17-10-5-7-15(13-17)19(24)23-20(21-14-18-11-6-12-26-18)22-16-8-3-2-4-9-16/h2-5,7-10,13,18H,6,11-12,14H2,1H3,(H2,21,22,23,24)/t18-/m1/s1. The minimum Gasteiger partial charge on any atom is -0.497 e. The molecule has 1 saturated heterocycles. The molecular weight excluding hydrogens is 330 g/mol. The maximum atomic E-state index is 12.6. The van der Waals surface area contributed by atoms with Crippen molar-refractivity contribution in [3.05, 3.63) is 60.2 Å². The van der Waals surface area contributed by atoms with Crippen LogP contribution in [0.1, 0.15) is 23.2 Å². The van der Waals surface area contributed by atoms with Crippen LogP contribution in [0.4, 0.5) is 5.69 Å². The molecule has 136 valence electrons. The van der Waals surface area contributed by atoms with Crippen LogP contribution in [0.3, 0.4) is 0 Å². The molecule has 6 nitrogen and oxygen atoms in total. The van der Waals surface area contributed by atoms with Crippen molar-refractivity contribution in [2.75, 3.05) is 25.6 Å². The summed E-state index contributed by atoms with van der Waals surface area (Å²) < 4.78 is 10.8. The second kappa shape index (κ2) is 9.01. The Hall–Kier alpha value is -2.86. The zero-order valence-electron chi connectivity index (χ0n) is 14.8. The second-order valence-electron chi connectivity index (χ2n) is 6.00. The topological polar surface area (TPSA) is 72.0 Å². The van der Waals surface area contributed by atoms with Crippen molar-refractivity contribution in [2.24, 2.45) is 4.99 Å². The first-order valence-electron chi connectivity index (χ1n) is 8.68. The van der Waals surface area contributed by atoms with E-state index in [1.54, 1.807) is 31.4 Å². The van der Waals surface area contributed by atoms with Crippen molar-refractivity contribution < 1.29 is 14.3 Å². The van der Waals surface area contributed by atoms with E-state index in [2.05, 4.69) is 15.6 Å². The van der Waals surface area contributed by atoms with Crippen molar-refractivity contribution in [1.29, 1.82) is 0 Å². The Bertz CT molecular complexity index is 756. The fourth-order valence-electron chi connectivity index (χ4n) is 2.69. The predicted octanol–water partition coefficient (Wildman–Crippen LogP) is 3.07. The number of methoxy groups -OCH3 is 1. The van der Waals surface area contributed by atoms with Crippen LogP contribution in [0.25, 0.3) is 0 Å². The van der Waals surface area contributed by atoms with Crippen LogP contribution in [-0.4, -0.2) is 38.2 Å². The quantitative estimate of drug-likeness (QED) is 0.640. The van der Waals surface area contributed by atoms with E-state index in [9.17, 15) is 4.79 Å². The van der Waals surface area contributed by atoms with Gasteiger partial charge in [0.05, 0.1) is 19.8 Å². The maximum absolute atomic E-state index is 12.6. The van der Waals surface area contributed by atoms with Crippen molar-refractivity contribution in [1.82, 2.24) is 5.32 Å². The number of aliphatic imine (C=N–C) groups is 1. The highest BCUT2D eigenvalue weighted by atomic mass is 16.5. The molecular formula is C20H23N3O3. The summed E-state index contributed by atoms with van der Waals surface area (Å²) in [5, 5.41) is 6.01. The number of rotatable bonds is 5. The summed E-state index contributed by atoms with van der Waals surface area (Å²) in [5.41, 5.74) is 1.36. The number of benzene rings is 2. The number of carbonyl (C=O) groups is 1. The van der Waals surface area contributed by atoms with Gasteiger partial charge in [0.2, 0.25) is 5.96 Å². The van der Waals surface area contributed by atoms with Crippen molar-refractivity contribution in [2.45, 2.75) is 18.9 Å². The van der Waals surface area contributed by atoms with E-state index in [1.807, 2.05) is 30.3 Å². The third-order valence-electron chi connectivity index (χ3n) is 4.08. The van der Waals surface area contributed by atoms with E-state index in [1.165, 1.54) is 0 Å². The number of hydrogen-bond acceptors (Lipinski definition) is 4. The van der Waals surface area contributed by atoms with Gasteiger partial charge in [-0.1, -0.05) is 24.3 Å². The van der Waals surface area contributed by atoms with Gasteiger partial charge in [-0.3, -0.25) is 10.1 Å². The summed E-state index contributed by atoms with van der Waals surface area (Å²) in [4.78, 5) is 17.1. The molecule has 0 unspecified atom stereocenters. The van der Waals surface area contributed by atoms with Crippen molar-refractivity contribution in [3.63, 3.8) is 0 Å². The summed E-state index contributed by atoms with van der Waals surface area (Å²) in [5.74, 6) is 0.782. The number of nitrogens with one attached hydrogen (secondary N) is 2. The predicted molar refractivity (Wildman–Crippen MR) is 102 cm³/mol. The molecule has 0 saturated carbocycles. The minimum absolute atomic E-state index is 0.108. The van der Waals surface area contributed by atoms with Crippen LogP contribution in [-0.2, 0) is 4.74 Å². The summed E-state index contributed by atoms with van der Waals surface area (Å²) >= 11 is 0. The molecule has 3 rings (SSSR count). The van der Waals surface area contributed by atoms with E-state index in [4.69, 9.17) is 9.47 Å². The van der Waals surface area contributed by atoms with Gasteiger partial charge in [0.1, 0.15) is 5.75 Å². The van der Waals surface area contributed by atoms with Crippen LogP contribution in [0.5, 0.6) is 5.75 Å². The maximum Gasteiger partial charge on any atom is 0.258 e. The number of anilines is 1. The molecule has 26 heavy (non-hydrogen) atoms. The summed E-state index contributed by atoms with van der Waals surface area (Å²) in [6.45, 7) is 1.28. The van der Waals surface area contributed by atoms with Crippen molar-refractivity contribution in [3.8, 4) is 5.75 Å². The van der Waals surface area contributed by atoms with Crippen LogP contribution < -0.4 is 15.4 Å². The van der Waals surface area contributed by atoms with Gasteiger partial charge in [-0.25, -0.2) is 4.99 Å². The molecule has 1 fully saturated rings. The molecule has 2 N–H and O–H groups in total. The van der Waals surface area contributed by atoms with Gasteiger partial charge in [-0.15, -0.1) is 0 Å². The van der Waals surface area contributed by atoms with Gasteiger partial charge < -0.3 is 14.8 Å². The molecule has 1 heterocycles. The molecule has 1 aliphatic heterocycles. The number of amides is 1. The average Bonchev–Trinajstić information content (AvgIpc) is 3.20. The van der Waals surface area contributed by atoms with Gasteiger partial charge in [-0.05, 0) is 43.2 Å². The molecule has 1 aliphatic rings. The van der Waals surface area contributed by atoms with E-state index in [0.29, 0.717) is 23.8 Å². The van der Waals surface area contributed by atoms with Crippen molar-refractivity contribution >= 4 is 17.6 Å². The van der Waals surface area contributed by atoms with Crippen LogP contribution in [0, 0.1) is 0 Å². The smallest absolute Gasteiger partial charge is 0.258 e. The Morgan fingerprint density at radius 3 is 2.81 bits per heavy atom. The van der Waals surface area contributed by atoms with E-state index >= 15 is 0 Å². The monoisotopic (exact) mass is 353 g/mol. The lowest BCUT2D eigenvalue weighted by molar-refractivity contribution is 0.0975. The van der Waals surface area contributed by atoms with Crippen LogP contribution in [0.15, 0.2) is 59.6 Å². The van der Waals surface area contributed by atoms with Crippen LogP contribution >= 0.6 is 0 Å². The van der Waals surface area contributed by atoms with Gasteiger partial charge in [0.15, 0.2) is 0 Å². The van der Waals surface area contributed by atoms with Gasteiger partial charge in [-0.2, -0.15) is 0 Å². The molecule has 6 heteroatoms. The highest BCUT2D eigenvalue weighted by Crippen LogP contribution is 2.14. The number of guanidine groups is 1. The lowest BCUT2D eigenvalue weighted by Gasteiger charge is -2.13. The number of ether oxygens (including phenoxy) is 2. The molecule has 1 atom stereocenters. The van der Waals surface area contributed by atoms with Gasteiger partial charge >= 0.3 is 0 Å². The zero-order chi connectivity index (χ0) is 18.2. The highest BCUT2D eigenvalue weighted by molar-refractivity contribution is 6.10. The van der Waals surface area contributed by atoms with Gasteiger partial charge in [0, 0.05) is 17.9 Å². The summed E-state index contributed by atoms with van der Waals surface area (Å²) in [7, 11) is 1.57. The Morgan fingerprint density at radius 1 is 1.23 bits per heavy atom. The zero-order valence-corrected chi connectivity index (χ0v) is 14.8. The summed E-state index contributed by atoms with van der Waals surface area (Å²) in [6, 6.07) is 16.6. The van der Waals surface area contributed by atoms with E-state index < -0.39 is 0 Å². The first kappa shape index (κ1) is 17.9. The third-order valence-corrected chi connectivity index (χ3v) is 4.08. The first-order valence-corrected chi connectivity index (χ1v) is 8.68. The van der Waals surface area contributed by atoms with Crippen LogP contribution in [0.2, 0.25) is 0 Å². The Morgan fingerprint density at radius 2 is 2.08 bits per heavy atom. The number of nitrogens with zero attached hydrogens (tertiary/aromatic N) is 1. The number of carbonyl (C=O) groups excluding carboxylic acids is 1. The molecule has 2 aromatic carbocycles. The molecule has 0 spiro atoms. The Labute approximate surface area is 153 Å². The Balaban J connectivity index is 1.73. The summed E-state index contributed by atoms with van der Waals surface area (Å²) in [6.07, 6.45) is 2.15. The van der Waals surface area contributed by atoms with E-state index in [0.717, 1.165) is 25.1 Å². The normalized spacial score (nSPS) is 17.0.